The highest BCUT2D eigenvalue weighted by molar-refractivity contribution is 5.75. The lowest BCUT2D eigenvalue weighted by atomic mass is 10.0. The Morgan fingerprint density at radius 2 is 1.46 bits per heavy atom. The molecular formula is C24H34N2O2. The Balaban J connectivity index is 1.87. The van der Waals surface area contributed by atoms with Crippen molar-refractivity contribution in [1.82, 2.24) is 4.90 Å². The molecule has 0 radical (unpaired) electrons. The lowest BCUT2D eigenvalue weighted by molar-refractivity contribution is -0.105. The van der Waals surface area contributed by atoms with E-state index in [-0.39, 0.29) is 5.75 Å². The molecule has 0 aromatic heterocycles. The fourth-order valence-electron chi connectivity index (χ4n) is 3.40. The van der Waals surface area contributed by atoms with Crippen molar-refractivity contribution in [1.29, 1.82) is 0 Å². The van der Waals surface area contributed by atoms with Crippen LogP contribution in [-0.4, -0.2) is 36.1 Å². The molecule has 28 heavy (non-hydrogen) atoms. The minimum absolute atomic E-state index is 0.101. The highest BCUT2D eigenvalue weighted by Gasteiger charge is 2.07. The average Bonchev–Trinajstić information content (AvgIpc) is 2.71. The summed E-state index contributed by atoms with van der Waals surface area (Å²) in [6.45, 7) is 7.52. The third-order valence-electron chi connectivity index (χ3n) is 5.09. The number of nitrogens with zero attached hydrogens (tertiary/aromatic N) is 1. The van der Waals surface area contributed by atoms with Gasteiger partial charge >= 0.3 is 0 Å². The monoisotopic (exact) mass is 382 g/mol. The molecule has 2 rings (SSSR count). The van der Waals surface area contributed by atoms with Crippen molar-refractivity contribution in [3.63, 3.8) is 0 Å². The highest BCUT2D eigenvalue weighted by Crippen LogP contribution is 2.24. The number of hydrogen-bond acceptors (Lipinski definition) is 3. The van der Waals surface area contributed by atoms with Crippen molar-refractivity contribution in [3.8, 4) is 5.75 Å². The fourth-order valence-corrected chi connectivity index (χ4v) is 3.40. The predicted octanol–water partition coefficient (Wildman–Crippen LogP) is 4.80. The van der Waals surface area contributed by atoms with E-state index in [9.17, 15) is 9.90 Å². The van der Waals surface area contributed by atoms with Crippen LogP contribution in [0.5, 0.6) is 5.75 Å². The molecule has 2 aromatic rings. The first kappa shape index (κ1) is 22.0. The van der Waals surface area contributed by atoms with Gasteiger partial charge in [0.25, 0.3) is 0 Å². The third kappa shape index (κ3) is 7.35. The van der Waals surface area contributed by atoms with Crippen LogP contribution in [0, 0.1) is 0 Å². The number of phenols is 1. The van der Waals surface area contributed by atoms with Crippen LogP contribution in [0.15, 0.2) is 42.5 Å². The van der Waals surface area contributed by atoms with E-state index in [0.29, 0.717) is 12.1 Å². The topological polar surface area (TPSA) is 52.6 Å². The van der Waals surface area contributed by atoms with Crippen molar-refractivity contribution in [2.75, 3.05) is 25.0 Å². The van der Waals surface area contributed by atoms with Crippen molar-refractivity contribution >= 4 is 12.1 Å². The number of carbonyl (C=O) groups excluding carboxylic acids is 1. The van der Waals surface area contributed by atoms with Gasteiger partial charge in [-0.15, -0.1) is 0 Å². The molecule has 0 aliphatic carbocycles. The fraction of sp³-hybridized carbons (Fsp3) is 0.458. The molecule has 4 nitrogen and oxygen atoms in total. The van der Waals surface area contributed by atoms with Crippen LogP contribution in [0.2, 0.25) is 0 Å². The molecule has 4 heteroatoms. The molecule has 152 valence electrons. The molecule has 0 heterocycles. The molecule has 0 atom stereocenters. The number of aromatic hydroxyl groups is 1. The Kier molecular flexibility index (Phi) is 9.56. The molecule has 2 aromatic carbocycles. The first-order valence-electron chi connectivity index (χ1n) is 10.5. The summed E-state index contributed by atoms with van der Waals surface area (Å²) >= 11 is 0. The second-order valence-corrected chi connectivity index (χ2v) is 7.38. The summed E-state index contributed by atoms with van der Waals surface area (Å²) in [5, 5.41) is 12.3. The SMILES string of the molecule is CCCCc1ccc(CCN(CCC)CCc2ccc(O)c(NC=O)c2)cc1. The number of carbonyl (C=O) groups is 1. The van der Waals surface area contributed by atoms with Crippen LogP contribution >= 0.6 is 0 Å². The van der Waals surface area contributed by atoms with Gasteiger partial charge < -0.3 is 15.3 Å². The maximum absolute atomic E-state index is 10.7. The maximum atomic E-state index is 10.7. The van der Waals surface area contributed by atoms with Gasteiger partial charge in [0.2, 0.25) is 6.41 Å². The summed E-state index contributed by atoms with van der Waals surface area (Å²) in [5.41, 5.74) is 4.41. The number of amides is 1. The van der Waals surface area contributed by atoms with E-state index in [4.69, 9.17) is 0 Å². The van der Waals surface area contributed by atoms with Crippen molar-refractivity contribution < 1.29 is 9.90 Å². The minimum atomic E-state index is 0.101. The van der Waals surface area contributed by atoms with Crippen LogP contribution < -0.4 is 5.32 Å². The molecule has 0 saturated heterocycles. The number of rotatable bonds is 13. The first-order chi connectivity index (χ1) is 13.7. The van der Waals surface area contributed by atoms with Crippen LogP contribution in [-0.2, 0) is 24.1 Å². The number of anilines is 1. The molecule has 0 aliphatic rings. The number of unbranched alkanes of at least 4 members (excludes halogenated alkanes) is 1. The summed E-state index contributed by atoms with van der Waals surface area (Å²) in [6.07, 6.45) is 7.34. The highest BCUT2D eigenvalue weighted by atomic mass is 16.3. The van der Waals surface area contributed by atoms with Crippen LogP contribution in [0.3, 0.4) is 0 Å². The Morgan fingerprint density at radius 1 is 0.857 bits per heavy atom. The first-order valence-corrected chi connectivity index (χ1v) is 10.5. The van der Waals surface area contributed by atoms with E-state index < -0.39 is 0 Å². The van der Waals surface area contributed by atoms with Gasteiger partial charge in [0.1, 0.15) is 5.75 Å². The number of nitrogens with one attached hydrogen (secondary N) is 1. The van der Waals surface area contributed by atoms with Crippen molar-refractivity contribution in [2.45, 2.75) is 52.4 Å². The molecular weight excluding hydrogens is 348 g/mol. The van der Waals surface area contributed by atoms with Gasteiger partial charge in [0.05, 0.1) is 5.69 Å². The summed E-state index contributed by atoms with van der Waals surface area (Å²) in [7, 11) is 0. The minimum Gasteiger partial charge on any atom is -0.506 e. The summed E-state index contributed by atoms with van der Waals surface area (Å²) < 4.78 is 0. The van der Waals surface area contributed by atoms with Gasteiger partial charge in [-0.25, -0.2) is 0 Å². The normalized spacial score (nSPS) is 11.0. The zero-order valence-corrected chi connectivity index (χ0v) is 17.3. The van der Waals surface area contributed by atoms with Crippen molar-refractivity contribution in [2.24, 2.45) is 0 Å². The Bertz CT molecular complexity index is 713. The molecule has 1 amide bonds. The largest absolute Gasteiger partial charge is 0.506 e. The van der Waals surface area contributed by atoms with Crippen LogP contribution in [0.4, 0.5) is 5.69 Å². The molecule has 0 fully saturated rings. The van der Waals surface area contributed by atoms with Crippen molar-refractivity contribution in [3.05, 3.63) is 59.2 Å². The van der Waals surface area contributed by atoms with Crippen LogP contribution in [0.25, 0.3) is 0 Å². The second kappa shape index (κ2) is 12.2. The van der Waals surface area contributed by atoms with E-state index >= 15 is 0 Å². The molecule has 0 spiro atoms. The lowest BCUT2D eigenvalue weighted by Gasteiger charge is -2.22. The molecule has 2 N–H and O–H groups in total. The number of aryl methyl sites for hydroxylation is 1. The predicted molar refractivity (Wildman–Crippen MR) is 117 cm³/mol. The van der Waals surface area contributed by atoms with E-state index in [1.165, 1.54) is 30.4 Å². The summed E-state index contributed by atoms with van der Waals surface area (Å²) in [5.74, 6) is 0.101. The summed E-state index contributed by atoms with van der Waals surface area (Å²) in [6, 6.07) is 14.5. The van der Waals surface area contributed by atoms with Gasteiger partial charge in [0, 0.05) is 13.1 Å². The van der Waals surface area contributed by atoms with Gasteiger partial charge in [0.15, 0.2) is 0 Å². The maximum Gasteiger partial charge on any atom is 0.211 e. The Morgan fingerprint density at radius 3 is 2.07 bits per heavy atom. The molecule has 0 unspecified atom stereocenters. The van der Waals surface area contributed by atoms with Gasteiger partial charge in [-0.2, -0.15) is 0 Å². The van der Waals surface area contributed by atoms with E-state index in [1.54, 1.807) is 6.07 Å². The lowest BCUT2D eigenvalue weighted by Crippen LogP contribution is -2.29. The second-order valence-electron chi connectivity index (χ2n) is 7.38. The smallest absolute Gasteiger partial charge is 0.211 e. The van der Waals surface area contributed by atoms with Crippen LogP contribution in [0.1, 0.15) is 49.8 Å². The van der Waals surface area contributed by atoms with E-state index in [2.05, 4.69) is 48.3 Å². The molecule has 0 saturated carbocycles. The zero-order valence-electron chi connectivity index (χ0n) is 17.3. The molecule has 0 aliphatic heterocycles. The number of phenolic OH excluding ortho intramolecular Hbond substituents is 1. The Hall–Kier alpha value is -2.33. The van der Waals surface area contributed by atoms with Gasteiger partial charge in [-0.3, -0.25) is 4.79 Å². The van der Waals surface area contributed by atoms with E-state index in [0.717, 1.165) is 44.5 Å². The third-order valence-corrected chi connectivity index (χ3v) is 5.09. The molecule has 0 bridgehead atoms. The summed E-state index contributed by atoms with van der Waals surface area (Å²) in [4.78, 5) is 13.1. The average molecular weight is 383 g/mol. The van der Waals surface area contributed by atoms with Gasteiger partial charge in [-0.05, 0) is 67.5 Å². The Labute approximate surface area is 169 Å². The number of hydrogen-bond donors (Lipinski definition) is 2. The quantitative estimate of drug-likeness (QED) is 0.386. The zero-order chi connectivity index (χ0) is 20.2. The van der Waals surface area contributed by atoms with Gasteiger partial charge in [-0.1, -0.05) is 50.6 Å². The van der Waals surface area contributed by atoms with E-state index in [1.807, 2.05) is 12.1 Å². The number of benzene rings is 2. The standard InChI is InChI=1S/C24H34N2O2/c1-3-5-6-20-7-9-21(10-8-20)13-16-26(15-4-2)17-14-22-11-12-24(28)23(18-22)25-19-27/h7-12,18-19,28H,3-6,13-17H2,1-2H3,(H,25,27).